The molecule has 1 saturated carbocycles. The summed E-state index contributed by atoms with van der Waals surface area (Å²) in [4.78, 5) is 36.2. The summed E-state index contributed by atoms with van der Waals surface area (Å²) in [7, 11) is 0. The maximum Gasteiger partial charge on any atom is 0.315 e. The standard InChI is InChI=1S/C41H62N4O11S/c46-32(5-1-2-8-39-40-36(29-57-39)42-41(49)43-40)6-3-13-50-15-17-52-19-21-54-23-25-56-26-24-55-22-20-53-18-16-51-14-4-7-37(47)31-11-12-33(38(48)27-31)35-28-34(44-45-35)30-9-10-30/h11-12,27-28,30,36,39-40,48H,1-10,13-26,29H2,(H,44,45)(H2,42,43,49)/t36-,39?,40-/m0/s1. The molecule has 2 aliphatic heterocycles. The second kappa shape index (κ2) is 26.1. The lowest BCUT2D eigenvalue weighted by Crippen LogP contribution is -2.36. The van der Waals surface area contributed by atoms with Crippen LogP contribution in [0.1, 0.15) is 86.2 Å². The number of aromatic nitrogens is 2. The van der Waals surface area contributed by atoms with Crippen LogP contribution < -0.4 is 10.6 Å². The van der Waals surface area contributed by atoms with E-state index >= 15 is 0 Å². The molecule has 0 spiro atoms. The van der Waals surface area contributed by atoms with Crippen LogP contribution >= 0.6 is 11.8 Å². The number of hydrogen-bond donors (Lipinski definition) is 4. The van der Waals surface area contributed by atoms with Crippen LogP contribution in [0.5, 0.6) is 5.75 Å². The van der Waals surface area contributed by atoms with E-state index < -0.39 is 0 Å². The van der Waals surface area contributed by atoms with Crippen molar-refractivity contribution in [3.63, 3.8) is 0 Å². The molecule has 5 rings (SSSR count). The van der Waals surface area contributed by atoms with E-state index in [0.717, 1.165) is 37.1 Å². The Morgan fingerprint density at radius 1 is 0.702 bits per heavy atom. The first-order valence-corrected chi connectivity index (χ1v) is 21.7. The van der Waals surface area contributed by atoms with Gasteiger partial charge in [-0.15, -0.1) is 0 Å². The maximum absolute atomic E-state index is 12.6. The van der Waals surface area contributed by atoms with Gasteiger partial charge in [-0.1, -0.05) is 12.5 Å². The summed E-state index contributed by atoms with van der Waals surface area (Å²) in [6, 6.07) is 7.40. The first kappa shape index (κ1) is 45.0. The Morgan fingerprint density at radius 2 is 1.26 bits per heavy atom. The van der Waals surface area contributed by atoms with Crippen LogP contribution in [0.4, 0.5) is 4.79 Å². The molecule has 2 saturated heterocycles. The highest BCUT2D eigenvalue weighted by Crippen LogP contribution is 2.41. The number of benzene rings is 1. The zero-order valence-corrected chi connectivity index (χ0v) is 34.0. The fraction of sp³-hybridized carbons (Fsp3) is 0.707. The van der Waals surface area contributed by atoms with Crippen molar-refractivity contribution in [2.45, 2.75) is 87.5 Å². The van der Waals surface area contributed by atoms with E-state index in [1.54, 1.807) is 12.1 Å². The van der Waals surface area contributed by atoms with Crippen molar-refractivity contribution >= 4 is 29.4 Å². The molecule has 3 atom stereocenters. The molecule has 16 heteroatoms. The number of phenols is 1. The number of nitrogens with zero attached hydrogens (tertiary/aromatic N) is 1. The molecule has 1 aromatic heterocycles. The van der Waals surface area contributed by atoms with Crippen molar-refractivity contribution in [2.24, 2.45) is 0 Å². The van der Waals surface area contributed by atoms with Gasteiger partial charge < -0.3 is 48.9 Å². The summed E-state index contributed by atoms with van der Waals surface area (Å²) in [5.41, 5.74) is 2.88. The number of ketones is 2. The quantitative estimate of drug-likeness (QED) is 0.0428. The number of aromatic hydroxyl groups is 1. The first-order chi connectivity index (χ1) is 28.0. The summed E-state index contributed by atoms with van der Waals surface area (Å²) < 4.78 is 38.8. The molecular weight excluding hydrogens is 757 g/mol. The van der Waals surface area contributed by atoms with E-state index in [2.05, 4.69) is 20.8 Å². The van der Waals surface area contributed by atoms with Gasteiger partial charge in [-0.3, -0.25) is 14.7 Å². The number of Topliss-reactive ketones (excluding diaryl/α,β-unsaturated/α-hetero) is 2. The Labute approximate surface area is 340 Å². The number of ether oxygens (including phenoxy) is 7. The van der Waals surface area contributed by atoms with Crippen molar-refractivity contribution in [1.82, 2.24) is 20.8 Å². The third-order valence-electron chi connectivity index (χ3n) is 10.0. The Balaban J connectivity index is 0.697. The molecule has 2 amide bonds. The smallest absolute Gasteiger partial charge is 0.315 e. The summed E-state index contributed by atoms with van der Waals surface area (Å²) in [6.45, 7) is 6.64. The van der Waals surface area contributed by atoms with Crippen LogP contribution in [0.3, 0.4) is 0 Å². The predicted molar refractivity (Wildman–Crippen MR) is 215 cm³/mol. The lowest BCUT2D eigenvalue weighted by molar-refractivity contribution is -0.119. The highest BCUT2D eigenvalue weighted by atomic mass is 32.2. The summed E-state index contributed by atoms with van der Waals surface area (Å²) in [5, 5.41) is 24.3. The number of amides is 2. The van der Waals surface area contributed by atoms with Gasteiger partial charge in [-0.2, -0.15) is 16.9 Å². The van der Waals surface area contributed by atoms with Crippen LogP contribution in [0.25, 0.3) is 11.3 Å². The van der Waals surface area contributed by atoms with Crippen LogP contribution in [0.15, 0.2) is 24.3 Å². The van der Waals surface area contributed by atoms with E-state index in [9.17, 15) is 19.5 Å². The SMILES string of the molecule is O=C(CCCCC1SC[C@@H]2NC(=O)N[C@H]12)CCCOCCOCCOCCOCCOCCOCCOCCCC(=O)c1ccc(-c2cc(C3CC3)[nH]n2)c(O)c1. The number of thioether (sulfide) groups is 1. The fourth-order valence-corrected chi connectivity index (χ4v) is 8.25. The van der Waals surface area contributed by atoms with Crippen LogP contribution in [0, 0.1) is 0 Å². The molecule has 3 aliphatic rings. The van der Waals surface area contributed by atoms with Gasteiger partial charge in [-0.05, 0) is 56.7 Å². The number of hydrogen-bond acceptors (Lipinski definition) is 13. The van der Waals surface area contributed by atoms with Crippen LogP contribution in [-0.2, 0) is 38.0 Å². The largest absolute Gasteiger partial charge is 0.507 e. The molecule has 318 valence electrons. The van der Waals surface area contributed by atoms with Crippen molar-refractivity contribution in [3.05, 3.63) is 35.5 Å². The molecule has 0 radical (unpaired) electrons. The number of nitrogens with one attached hydrogen (secondary N) is 3. The third-order valence-corrected chi connectivity index (χ3v) is 11.5. The number of carbonyl (C=O) groups excluding carboxylic acids is 3. The minimum Gasteiger partial charge on any atom is -0.507 e. The fourth-order valence-electron chi connectivity index (χ4n) is 6.71. The number of aromatic amines is 1. The number of phenolic OH excluding ortho intramolecular Hbond substituents is 1. The van der Waals surface area contributed by atoms with Crippen molar-refractivity contribution < 1.29 is 52.6 Å². The highest BCUT2D eigenvalue weighted by Gasteiger charge is 2.42. The Hall–Kier alpha value is -3.09. The van der Waals surface area contributed by atoms with E-state index in [-0.39, 0.29) is 35.4 Å². The highest BCUT2D eigenvalue weighted by molar-refractivity contribution is 8.00. The molecule has 1 unspecified atom stereocenters. The molecule has 57 heavy (non-hydrogen) atoms. The molecule has 3 heterocycles. The zero-order chi connectivity index (χ0) is 39.9. The molecule has 3 fully saturated rings. The van der Waals surface area contributed by atoms with Gasteiger partial charge in [0.05, 0.1) is 97.1 Å². The second-order valence-corrected chi connectivity index (χ2v) is 15.8. The molecular formula is C41H62N4O11S. The van der Waals surface area contributed by atoms with Gasteiger partial charge in [0.25, 0.3) is 0 Å². The number of fused-ring (bicyclic) bond motifs is 1. The van der Waals surface area contributed by atoms with E-state index in [1.807, 2.05) is 17.8 Å². The van der Waals surface area contributed by atoms with Gasteiger partial charge in [-0.25, -0.2) is 4.79 Å². The van der Waals surface area contributed by atoms with Crippen molar-refractivity contribution in [1.29, 1.82) is 0 Å². The molecule has 4 N–H and O–H groups in total. The Kier molecular flexibility index (Phi) is 20.6. The minimum atomic E-state index is -0.0540. The van der Waals surface area contributed by atoms with E-state index in [4.69, 9.17) is 33.2 Å². The normalized spacial score (nSPS) is 18.8. The zero-order valence-electron chi connectivity index (χ0n) is 33.2. The van der Waals surface area contributed by atoms with E-state index in [1.165, 1.54) is 18.9 Å². The third kappa shape index (κ3) is 17.0. The van der Waals surface area contributed by atoms with Crippen LogP contribution in [-0.4, -0.2) is 148 Å². The van der Waals surface area contributed by atoms with Gasteiger partial charge >= 0.3 is 6.03 Å². The van der Waals surface area contributed by atoms with Crippen LogP contribution in [0.2, 0.25) is 0 Å². The first-order valence-electron chi connectivity index (χ1n) is 20.6. The van der Waals surface area contributed by atoms with Gasteiger partial charge in [0.2, 0.25) is 0 Å². The molecule has 0 bridgehead atoms. The van der Waals surface area contributed by atoms with Crippen molar-refractivity contribution in [3.8, 4) is 17.0 Å². The van der Waals surface area contributed by atoms with Gasteiger partial charge in [0.15, 0.2) is 5.78 Å². The molecule has 15 nitrogen and oxygen atoms in total. The lowest BCUT2D eigenvalue weighted by Gasteiger charge is -2.16. The average molecular weight is 819 g/mol. The summed E-state index contributed by atoms with van der Waals surface area (Å²) >= 11 is 1.91. The van der Waals surface area contributed by atoms with E-state index in [0.29, 0.717) is 146 Å². The topological polar surface area (TPSA) is 189 Å². The number of urea groups is 1. The number of unbranched alkanes of at least 4 members (excludes halogenated alkanes) is 1. The molecule has 2 aromatic rings. The lowest BCUT2D eigenvalue weighted by atomic mass is 10.0. The average Bonchev–Trinajstić information content (AvgIpc) is 3.64. The predicted octanol–water partition coefficient (Wildman–Crippen LogP) is 4.81. The maximum atomic E-state index is 12.6. The molecule has 1 aliphatic carbocycles. The monoisotopic (exact) mass is 818 g/mol. The summed E-state index contributed by atoms with van der Waals surface area (Å²) in [5.74, 6) is 1.82. The number of rotatable bonds is 34. The second-order valence-electron chi connectivity index (χ2n) is 14.5. The van der Waals surface area contributed by atoms with Gasteiger partial charge in [0.1, 0.15) is 11.5 Å². The Bertz CT molecular complexity index is 1490. The van der Waals surface area contributed by atoms with Crippen molar-refractivity contribution in [2.75, 3.05) is 98.2 Å². The number of H-pyrrole nitrogens is 1. The molecule has 1 aromatic carbocycles. The summed E-state index contributed by atoms with van der Waals surface area (Å²) in [6.07, 6.45) is 8.09. The minimum absolute atomic E-state index is 0.0376. The van der Waals surface area contributed by atoms with Gasteiger partial charge in [0, 0.05) is 66.2 Å². The number of carbonyl (C=O) groups is 3. The Morgan fingerprint density at radius 3 is 1.84 bits per heavy atom.